The van der Waals surface area contributed by atoms with Crippen LogP contribution in [0.25, 0.3) is 0 Å². The molecule has 0 unspecified atom stereocenters. The van der Waals surface area contributed by atoms with Crippen LogP contribution < -0.4 is 20.3 Å². The Hall–Kier alpha value is -3.37. The van der Waals surface area contributed by atoms with Gasteiger partial charge in [-0.3, -0.25) is 4.90 Å². The number of benzene rings is 2. The molecule has 3 aromatic rings. The van der Waals surface area contributed by atoms with E-state index >= 15 is 0 Å². The monoisotopic (exact) mass is 479 g/mol. The van der Waals surface area contributed by atoms with Gasteiger partial charge in [-0.25, -0.2) is 14.8 Å². The van der Waals surface area contributed by atoms with Crippen LogP contribution in [0.2, 0.25) is 0 Å². The third-order valence-electron chi connectivity index (χ3n) is 4.91. The topological polar surface area (TPSA) is 79.4 Å². The number of hydrogen-bond donors (Lipinski definition) is 2. The van der Waals surface area contributed by atoms with Crippen molar-refractivity contribution in [2.75, 3.05) is 23.8 Å². The average molecular weight is 480 g/mol. The van der Waals surface area contributed by atoms with Gasteiger partial charge in [0.1, 0.15) is 12.1 Å². The highest BCUT2D eigenvalue weighted by Crippen LogP contribution is 2.34. The molecule has 174 valence electrons. The Morgan fingerprint density at radius 1 is 1.15 bits per heavy atom. The standard InChI is InChI=1S/C22H20F3N5O2.ClH/c1-26-12-17-11-20(28-13-27-17)32-18-5-6-19-14(9-18)7-8-30(19)21(31)29-16-4-2-3-15(10-16)22(23,24)25;/h2-6,9-11,13,26H,7-8,12H2,1H3,(H,29,31);1H. The zero-order chi connectivity index (χ0) is 22.7. The molecular weight excluding hydrogens is 459 g/mol. The second-order valence-corrected chi connectivity index (χ2v) is 7.18. The van der Waals surface area contributed by atoms with Crippen LogP contribution in [0.4, 0.5) is 29.3 Å². The minimum absolute atomic E-state index is 0. The molecule has 0 radical (unpaired) electrons. The number of hydrogen-bond acceptors (Lipinski definition) is 5. The van der Waals surface area contributed by atoms with Gasteiger partial charge in [-0.05, 0) is 55.4 Å². The lowest BCUT2D eigenvalue weighted by molar-refractivity contribution is -0.137. The summed E-state index contributed by atoms with van der Waals surface area (Å²) >= 11 is 0. The second kappa shape index (κ2) is 10.1. The average Bonchev–Trinajstić information content (AvgIpc) is 3.17. The van der Waals surface area contributed by atoms with Crippen LogP contribution >= 0.6 is 12.4 Å². The molecule has 0 saturated heterocycles. The number of aromatic nitrogens is 2. The number of anilines is 2. The third-order valence-corrected chi connectivity index (χ3v) is 4.91. The molecule has 0 atom stereocenters. The van der Waals surface area contributed by atoms with E-state index in [1.165, 1.54) is 23.4 Å². The highest BCUT2D eigenvalue weighted by atomic mass is 35.5. The Labute approximate surface area is 194 Å². The first-order valence-electron chi connectivity index (χ1n) is 9.85. The molecule has 2 heterocycles. The van der Waals surface area contributed by atoms with Gasteiger partial charge >= 0.3 is 12.2 Å². The molecule has 0 aliphatic carbocycles. The van der Waals surface area contributed by atoms with Gasteiger partial charge in [0.05, 0.1) is 11.3 Å². The van der Waals surface area contributed by atoms with Crippen molar-refractivity contribution in [3.05, 3.63) is 71.7 Å². The number of nitrogens with zero attached hydrogens (tertiary/aromatic N) is 3. The fourth-order valence-corrected chi connectivity index (χ4v) is 3.45. The van der Waals surface area contributed by atoms with Crippen molar-refractivity contribution in [3.8, 4) is 11.6 Å². The van der Waals surface area contributed by atoms with Crippen molar-refractivity contribution in [2.45, 2.75) is 19.1 Å². The van der Waals surface area contributed by atoms with Crippen molar-refractivity contribution in [1.29, 1.82) is 0 Å². The third kappa shape index (κ3) is 5.71. The summed E-state index contributed by atoms with van der Waals surface area (Å²) in [4.78, 5) is 22.4. The highest BCUT2D eigenvalue weighted by molar-refractivity contribution is 6.03. The summed E-state index contributed by atoms with van der Waals surface area (Å²) in [6, 6.07) is 11.1. The van der Waals surface area contributed by atoms with E-state index in [0.717, 1.165) is 23.4 Å². The molecule has 0 fully saturated rings. The maximum Gasteiger partial charge on any atom is 0.416 e. The SMILES string of the molecule is CNCc1cc(Oc2ccc3c(c2)CCN3C(=O)Nc2cccc(C(F)(F)F)c2)ncn1.Cl. The summed E-state index contributed by atoms with van der Waals surface area (Å²) in [5, 5.41) is 5.55. The van der Waals surface area contributed by atoms with Gasteiger partial charge in [0.15, 0.2) is 0 Å². The molecule has 1 aliphatic heterocycles. The molecule has 7 nitrogen and oxygen atoms in total. The van der Waals surface area contributed by atoms with E-state index in [9.17, 15) is 18.0 Å². The van der Waals surface area contributed by atoms with Crippen molar-refractivity contribution in [1.82, 2.24) is 15.3 Å². The minimum atomic E-state index is -4.48. The Bertz CT molecular complexity index is 1140. The van der Waals surface area contributed by atoms with E-state index in [1.54, 1.807) is 18.2 Å². The first-order valence-corrected chi connectivity index (χ1v) is 9.85. The van der Waals surface area contributed by atoms with Gasteiger partial charge in [0.2, 0.25) is 5.88 Å². The van der Waals surface area contributed by atoms with E-state index in [4.69, 9.17) is 4.74 Å². The van der Waals surface area contributed by atoms with Gasteiger partial charge in [0.25, 0.3) is 0 Å². The molecule has 1 aliphatic rings. The Morgan fingerprint density at radius 3 is 2.73 bits per heavy atom. The lowest BCUT2D eigenvalue weighted by Gasteiger charge is -2.19. The number of fused-ring (bicyclic) bond motifs is 1. The Balaban J connectivity index is 0.00000306. The first-order chi connectivity index (χ1) is 15.3. The van der Waals surface area contributed by atoms with Crippen LogP contribution in [0.5, 0.6) is 11.6 Å². The predicted octanol–water partition coefficient (Wildman–Crippen LogP) is 5.02. The molecule has 0 spiro atoms. The maximum atomic E-state index is 12.9. The fraction of sp³-hybridized carbons (Fsp3) is 0.227. The molecule has 0 saturated carbocycles. The van der Waals surface area contributed by atoms with Crippen molar-refractivity contribution >= 4 is 29.8 Å². The summed E-state index contributed by atoms with van der Waals surface area (Å²) in [7, 11) is 1.82. The van der Waals surface area contributed by atoms with Crippen LogP contribution in [0, 0.1) is 0 Å². The normalized spacial score (nSPS) is 12.7. The first kappa shape index (κ1) is 24.3. The number of carbonyl (C=O) groups excluding carboxylic acids is 1. The molecule has 4 rings (SSSR count). The molecule has 2 amide bonds. The van der Waals surface area contributed by atoms with Crippen LogP contribution in [0.3, 0.4) is 0 Å². The number of urea groups is 1. The number of amides is 2. The largest absolute Gasteiger partial charge is 0.439 e. The van der Waals surface area contributed by atoms with E-state index in [0.29, 0.717) is 36.8 Å². The molecule has 1 aromatic heterocycles. The van der Waals surface area contributed by atoms with Crippen molar-refractivity contribution in [3.63, 3.8) is 0 Å². The van der Waals surface area contributed by atoms with E-state index in [1.807, 2.05) is 13.1 Å². The van der Waals surface area contributed by atoms with E-state index in [-0.39, 0.29) is 18.1 Å². The Kier molecular flexibility index (Phi) is 7.39. The zero-order valence-electron chi connectivity index (χ0n) is 17.5. The fourth-order valence-electron chi connectivity index (χ4n) is 3.45. The summed E-state index contributed by atoms with van der Waals surface area (Å²) in [5.74, 6) is 0.973. The van der Waals surface area contributed by atoms with Gasteiger partial charge in [-0.2, -0.15) is 13.2 Å². The minimum Gasteiger partial charge on any atom is -0.439 e. The van der Waals surface area contributed by atoms with Crippen molar-refractivity contribution < 1.29 is 22.7 Å². The number of nitrogens with one attached hydrogen (secondary N) is 2. The quantitative estimate of drug-likeness (QED) is 0.537. The van der Waals surface area contributed by atoms with E-state index < -0.39 is 17.8 Å². The number of halogens is 4. The number of rotatable bonds is 5. The van der Waals surface area contributed by atoms with Crippen LogP contribution in [0.15, 0.2) is 54.9 Å². The lowest BCUT2D eigenvalue weighted by atomic mass is 10.1. The van der Waals surface area contributed by atoms with Gasteiger partial charge < -0.3 is 15.4 Å². The number of carbonyl (C=O) groups is 1. The Morgan fingerprint density at radius 2 is 1.97 bits per heavy atom. The maximum absolute atomic E-state index is 12.9. The molecular formula is C22H21ClF3N5O2. The van der Waals surface area contributed by atoms with E-state index in [2.05, 4.69) is 20.6 Å². The molecule has 2 aromatic carbocycles. The molecule has 0 bridgehead atoms. The predicted molar refractivity (Wildman–Crippen MR) is 120 cm³/mol. The molecule has 33 heavy (non-hydrogen) atoms. The van der Waals surface area contributed by atoms with Crippen LogP contribution in [-0.4, -0.2) is 29.6 Å². The van der Waals surface area contributed by atoms with Gasteiger partial charge in [-0.1, -0.05) is 6.07 Å². The van der Waals surface area contributed by atoms with Crippen LogP contribution in [0.1, 0.15) is 16.8 Å². The lowest BCUT2D eigenvalue weighted by Crippen LogP contribution is -2.33. The number of alkyl halides is 3. The zero-order valence-corrected chi connectivity index (χ0v) is 18.3. The van der Waals surface area contributed by atoms with Crippen LogP contribution in [-0.2, 0) is 19.1 Å². The summed E-state index contributed by atoms with van der Waals surface area (Å²) < 4.78 is 44.6. The highest BCUT2D eigenvalue weighted by Gasteiger charge is 2.31. The molecule has 11 heteroatoms. The summed E-state index contributed by atoms with van der Waals surface area (Å²) in [6.07, 6.45) is -2.46. The van der Waals surface area contributed by atoms with Gasteiger partial charge in [-0.15, -0.1) is 12.4 Å². The summed E-state index contributed by atoms with van der Waals surface area (Å²) in [6.45, 7) is 0.989. The second-order valence-electron chi connectivity index (χ2n) is 7.18. The molecule has 2 N–H and O–H groups in total. The summed E-state index contributed by atoms with van der Waals surface area (Å²) in [5.41, 5.74) is 1.63. The smallest absolute Gasteiger partial charge is 0.416 e. The number of ether oxygens (including phenoxy) is 1. The van der Waals surface area contributed by atoms with Crippen molar-refractivity contribution in [2.24, 2.45) is 0 Å². The van der Waals surface area contributed by atoms with Gasteiger partial charge in [0, 0.05) is 30.5 Å².